The van der Waals surface area contributed by atoms with Crippen molar-refractivity contribution in [3.05, 3.63) is 28.3 Å². The van der Waals surface area contributed by atoms with Crippen LogP contribution in [0.3, 0.4) is 0 Å². The third-order valence-electron chi connectivity index (χ3n) is 6.27. The summed E-state index contributed by atoms with van der Waals surface area (Å²) in [7, 11) is -3.77. The second kappa shape index (κ2) is 10.8. The molecule has 1 aromatic rings. The minimum Gasteiger partial charge on any atom is -0.365 e. The van der Waals surface area contributed by atoms with Gasteiger partial charge in [0, 0.05) is 51.4 Å². The molecule has 10 nitrogen and oxygen atoms in total. The van der Waals surface area contributed by atoms with E-state index in [1.165, 1.54) is 16.4 Å². The number of rotatable bonds is 7. The Morgan fingerprint density at radius 3 is 2.48 bits per heavy atom. The van der Waals surface area contributed by atoms with E-state index in [2.05, 4.69) is 12.2 Å². The van der Waals surface area contributed by atoms with Crippen LogP contribution in [0.15, 0.2) is 23.1 Å². The number of hydrogen-bond acceptors (Lipinski definition) is 7. The van der Waals surface area contributed by atoms with Crippen LogP contribution in [0, 0.1) is 16.0 Å². The Bertz CT molecular complexity index is 960. The first kappa shape index (κ1) is 25.4. The van der Waals surface area contributed by atoms with Crippen LogP contribution in [-0.2, 0) is 14.8 Å². The average molecular weight is 482 g/mol. The van der Waals surface area contributed by atoms with Crippen LogP contribution in [0.5, 0.6) is 0 Å². The Morgan fingerprint density at radius 2 is 1.85 bits per heavy atom. The summed E-state index contributed by atoms with van der Waals surface area (Å²) in [6, 6.07) is 4.31. The Morgan fingerprint density at radius 1 is 1.15 bits per heavy atom. The van der Waals surface area contributed by atoms with Gasteiger partial charge in [-0.05, 0) is 51.2 Å². The van der Waals surface area contributed by atoms with E-state index in [1.54, 1.807) is 6.07 Å². The summed E-state index contributed by atoms with van der Waals surface area (Å²) in [6.07, 6.45) is 2.33. The van der Waals surface area contributed by atoms with Crippen LogP contribution in [-0.4, -0.2) is 80.3 Å². The van der Waals surface area contributed by atoms with Gasteiger partial charge in [0.1, 0.15) is 5.69 Å². The molecule has 11 heteroatoms. The van der Waals surface area contributed by atoms with Gasteiger partial charge in [0.05, 0.1) is 16.4 Å². The van der Waals surface area contributed by atoms with Crippen LogP contribution in [0.4, 0.5) is 11.4 Å². The Balaban J connectivity index is 1.76. The van der Waals surface area contributed by atoms with Crippen molar-refractivity contribution >= 4 is 27.3 Å². The highest BCUT2D eigenvalue weighted by molar-refractivity contribution is 7.89. The second-order valence-electron chi connectivity index (χ2n) is 9.33. The highest BCUT2D eigenvalue weighted by atomic mass is 32.2. The first-order valence-electron chi connectivity index (χ1n) is 11.6. The molecule has 3 rings (SSSR count). The fraction of sp³-hybridized carbons (Fsp3) is 0.682. The van der Waals surface area contributed by atoms with Crippen LogP contribution in [0.1, 0.15) is 40.0 Å². The molecular weight excluding hydrogens is 446 g/mol. The molecule has 1 aromatic carbocycles. The highest BCUT2D eigenvalue weighted by Crippen LogP contribution is 2.33. The van der Waals surface area contributed by atoms with Gasteiger partial charge in [-0.15, -0.1) is 0 Å². The maximum absolute atomic E-state index is 13.1. The summed E-state index contributed by atoms with van der Waals surface area (Å²) in [5.41, 5.74) is 0.215. The lowest BCUT2D eigenvalue weighted by atomic mass is 10.0. The van der Waals surface area contributed by atoms with Crippen molar-refractivity contribution in [3.63, 3.8) is 0 Å². The maximum Gasteiger partial charge on any atom is 0.293 e. The molecule has 0 aromatic heterocycles. The van der Waals surface area contributed by atoms with E-state index in [1.807, 2.05) is 23.6 Å². The number of nitro groups is 1. The first-order chi connectivity index (χ1) is 15.6. The quantitative estimate of drug-likeness (QED) is 0.468. The largest absolute Gasteiger partial charge is 0.365 e. The van der Waals surface area contributed by atoms with Crippen LogP contribution < -0.4 is 10.2 Å². The Hall–Kier alpha value is -2.24. The van der Waals surface area contributed by atoms with Gasteiger partial charge < -0.3 is 10.2 Å². The van der Waals surface area contributed by atoms with E-state index in [9.17, 15) is 23.3 Å². The smallest absolute Gasteiger partial charge is 0.293 e. The molecule has 2 fully saturated rings. The lowest BCUT2D eigenvalue weighted by Gasteiger charge is -2.29. The number of nitro benzene ring substituents is 1. The standard InChI is InChI=1S/C22H35N5O5S/c1-17(2)23-22(28)16-24-9-4-10-25(14-13-24)20-6-5-19(15-21(20)27(29)30)33(31,32)26-11-7-18(3)8-12-26/h5-6,15,17-18H,4,7-14,16H2,1-3H3,(H,23,28). The Labute approximate surface area is 196 Å². The molecule has 2 saturated heterocycles. The van der Waals surface area contributed by atoms with Gasteiger partial charge in [-0.3, -0.25) is 19.8 Å². The number of nitrogens with zero attached hydrogens (tertiary/aromatic N) is 4. The number of carbonyl (C=O) groups excluding carboxylic acids is 1. The summed E-state index contributed by atoms with van der Waals surface area (Å²) >= 11 is 0. The van der Waals surface area contributed by atoms with Gasteiger partial charge in [0.15, 0.2) is 0 Å². The molecule has 1 amide bonds. The minimum atomic E-state index is -3.77. The average Bonchev–Trinajstić information content (AvgIpc) is 2.98. The summed E-state index contributed by atoms with van der Waals surface area (Å²) < 4.78 is 27.6. The molecule has 1 N–H and O–H groups in total. The number of nitrogens with one attached hydrogen (secondary N) is 1. The molecule has 0 atom stereocenters. The topological polar surface area (TPSA) is 116 Å². The SMILES string of the molecule is CC1CCN(S(=O)(=O)c2ccc(N3CCCN(CC(=O)NC(C)C)CC3)c([N+](=O)[O-])c2)CC1. The Kier molecular flexibility index (Phi) is 8.30. The van der Waals surface area contributed by atoms with E-state index in [-0.39, 0.29) is 22.5 Å². The fourth-order valence-corrected chi connectivity index (χ4v) is 5.88. The summed E-state index contributed by atoms with van der Waals surface area (Å²) in [5, 5.41) is 14.8. The third kappa shape index (κ3) is 6.42. The number of sulfonamides is 1. The zero-order valence-electron chi connectivity index (χ0n) is 19.7. The highest BCUT2D eigenvalue weighted by Gasteiger charge is 2.31. The van der Waals surface area contributed by atoms with Gasteiger partial charge in [-0.25, -0.2) is 8.42 Å². The van der Waals surface area contributed by atoms with Crippen molar-refractivity contribution in [2.75, 3.05) is 50.7 Å². The maximum atomic E-state index is 13.1. The molecule has 0 spiro atoms. The van der Waals surface area contributed by atoms with Crippen molar-refractivity contribution in [3.8, 4) is 0 Å². The van der Waals surface area contributed by atoms with Gasteiger partial charge in [0.2, 0.25) is 15.9 Å². The number of amides is 1. The van der Waals surface area contributed by atoms with E-state index < -0.39 is 14.9 Å². The van der Waals surface area contributed by atoms with Gasteiger partial charge >= 0.3 is 0 Å². The van der Waals surface area contributed by atoms with Crippen molar-refractivity contribution in [2.45, 2.75) is 51.0 Å². The molecule has 2 aliphatic rings. The van der Waals surface area contributed by atoms with Gasteiger partial charge in [-0.1, -0.05) is 6.92 Å². The molecule has 0 bridgehead atoms. The first-order valence-corrected chi connectivity index (χ1v) is 13.1. The van der Waals surface area contributed by atoms with E-state index in [0.29, 0.717) is 50.9 Å². The van der Waals surface area contributed by atoms with Crippen molar-refractivity contribution in [1.29, 1.82) is 0 Å². The van der Waals surface area contributed by atoms with Gasteiger partial charge in [0.25, 0.3) is 5.69 Å². The molecule has 2 aliphatic heterocycles. The van der Waals surface area contributed by atoms with Crippen molar-refractivity contribution in [1.82, 2.24) is 14.5 Å². The van der Waals surface area contributed by atoms with E-state index in [4.69, 9.17) is 0 Å². The predicted molar refractivity (Wildman–Crippen MR) is 127 cm³/mol. The normalized spacial score (nSPS) is 19.5. The van der Waals surface area contributed by atoms with Crippen molar-refractivity contribution < 1.29 is 18.1 Å². The minimum absolute atomic E-state index is 0.0330. The summed E-state index contributed by atoms with van der Waals surface area (Å²) in [6.45, 7) is 9.52. The number of carbonyl (C=O) groups is 1. The summed E-state index contributed by atoms with van der Waals surface area (Å²) in [5.74, 6) is 0.443. The molecule has 2 heterocycles. The van der Waals surface area contributed by atoms with E-state index in [0.717, 1.165) is 25.8 Å². The molecule has 33 heavy (non-hydrogen) atoms. The zero-order valence-corrected chi connectivity index (χ0v) is 20.5. The lowest BCUT2D eigenvalue weighted by molar-refractivity contribution is -0.384. The third-order valence-corrected chi connectivity index (χ3v) is 8.16. The van der Waals surface area contributed by atoms with Crippen molar-refractivity contribution in [2.24, 2.45) is 5.92 Å². The number of benzene rings is 1. The molecule has 0 aliphatic carbocycles. The zero-order chi connectivity index (χ0) is 24.2. The molecule has 0 radical (unpaired) electrons. The van der Waals surface area contributed by atoms with Crippen LogP contribution in [0.25, 0.3) is 0 Å². The molecular formula is C22H35N5O5S. The monoisotopic (exact) mass is 481 g/mol. The van der Waals surface area contributed by atoms with Gasteiger partial charge in [-0.2, -0.15) is 4.31 Å². The predicted octanol–water partition coefficient (Wildman–Crippen LogP) is 2.05. The molecule has 0 unspecified atom stereocenters. The van der Waals surface area contributed by atoms with E-state index >= 15 is 0 Å². The summed E-state index contributed by atoms with van der Waals surface area (Å²) in [4.78, 5) is 27.4. The van der Waals surface area contributed by atoms with Crippen LogP contribution >= 0.6 is 0 Å². The molecule has 184 valence electrons. The number of anilines is 1. The number of hydrogen-bond donors (Lipinski definition) is 1. The molecule has 0 saturated carbocycles. The number of piperidine rings is 1. The van der Waals surface area contributed by atoms with Crippen LogP contribution in [0.2, 0.25) is 0 Å². The second-order valence-corrected chi connectivity index (χ2v) is 11.3. The fourth-order valence-electron chi connectivity index (χ4n) is 4.39. The lowest BCUT2D eigenvalue weighted by Crippen LogP contribution is -2.41.